The Labute approximate surface area is 162 Å². The summed E-state index contributed by atoms with van der Waals surface area (Å²) in [6.07, 6.45) is 0.739. The van der Waals surface area contributed by atoms with Crippen LogP contribution in [-0.2, 0) is 27.3 Å². The Morgan fingerprint density at radius 2 is 1.93 bits per heavy atom. The van der Waals surface area contributed by atoms with Crippen LogP contribution in [0.15, 0.2) is 42.8 Å². The molecule has 28 heavy (non-hydrogen) atoms. The lowest BCUT2D eigenvalue weighted by molar-refractivity contribution is -0.135. The maximum absolute atomic E-state index is 12.7. The largest absolute Gasteiger partial charge is 0.477 e. The van der Waals surface area contributed by atoms with Gasteiger partial charge >= 0.3 is 5.97 Å². The van der Waals surface area contributed by atoms with Gasteiger partial charge in [0, 0.05) is 25.6 Å². The van der Waals surface area contributed by atoms with Gasteiger partial charge in [0.25, 0.3) is 11.8 Å². The summed E-state index contributed by atoms with van der Waals surface area (Å²) in [5, 5.41) is 10.9. The van der Waals surface area contributed by atoms with Gasteiger partial charge in [0.2, 0.25) is 5.91 Å². The summed E-state index contributed by atoms with van der Waals surface area (Å²) in [5.74, 6) is -2.10. The lowest BCUT2D eigenvalue weighted by atomic mass is 9.89. The van der Waals surface area contributed by atoms with E-state index in [0.29, 0.717) is 24.6 Å². The first-order valence-electron chi connectivity index (χ1n) is 8.79. The van der Waals surface area contributed by atoms with Crippen LogP contribution in [0.2, 0.25) is 0 Å². The van der Waals surface area contributed by atoms with Crippen molar-refractivity contribution < 1.29 is 24.3 Å². The van der Waals surface area contributed by atoms with E-state index in [1.807, 2.05) is 6.07 Å². The summed E-state index contributed by atoms with van der Waals surface area (Å²) >= 11 is 0. The molecule has 0 bridgehead atoms. The second-order valence-electron chi connectivity index (χ2n) is 7.01. The molecular weight excluding hydrogens is 362 g/mol. The van der Waals surface area contributed by atoms with Gasteiger partial charge in [-0.25, -0.2) is 4.79 Å². The molecule has 0 saturated carbocycles. The molecule has 8 nitrogen and oxygen atoms in total. The molecule has 2 aliphatic rings. The van der Waals surface area contributed by atoms with Crippen molar-refractivity contribution in [3.05, 3.63) is 59.4 Å². The highest BCUT2D eigenvalue weighted by Crippen LogP contribution is 2.31. The fourth-order valence-electron chi connectivity index (χ4n) is 3.46. The lowest BCUT2D eigenvalue weighted by Gasteiger charge is -2.39. The molecule has 146 valence electrons. The van der Waals surface area contributed by atoms with E-state index in [-0.39, 0.29) is 24.1 Å². The first-order valence-corrected chi connectivity index (χ1v) is 8.79. The minimum absolute atomic E-state index is 0.0566. The molecule has 2 aliphatic heterocycles. The maximum atomic E-state index is 12.7. The van der Waals surface area contributed by atoms with Gasteiger partial charge in [-0.05, 0) is 29.5 Å². The monoisotopic (exact) mass is 383 g/mol. The van der Waals surface area contributed by atoms with Crippen LogP contribution in [0, 0.1) is 5.92 Å². The van der Waals surface area contributed by atoms with Crippen LogP contribution in [0.25, 0.3) is 0 Å². The van der Waals surface area contributed by atoms with Crippen LogP contribution in [-0.4, -0.2) is 51.7 Å². The average molecular weight is 383 g/mol. The highest BCUT2D eigenvalue weighted by atomic mass is 16.4. The molecule has 0 spiro atoms. The molecule has 1 saturated heterocycles. The average Bonchev–Trinajstić information content (AvgIpc) is 2.94. The molecule has 1 aromatic rings. The molecule has 3 rings (SSSR count). The summed E-state index contributed by atoms with van der Waals surface area (Å²) < 4.78 is 0. The number of carboxylic acid groups (broad SMARTS) is 1. The zero-order valence-electron chi connectivity index (χ0n) is 15.5. The van der Waals surface area contributed by atoms with E-state index in [9.17, 15) is 19.2 Å². The van der Waals surface area contributed by atoms with E-state index in [1.54, 1.807) is 24.0 Å². The van der Waals surface area contributed by atoms with Crippen LogP contribution in [0.5, 0.6) is 0 Å². The molecule has 0 radical (unpaired) electrons. The van der Waals surface area contributed by atoms with Gasteiger partial charge in [-0.2, -0.15) is 0 Å². The van der Waals surface area contributed by atoms with Crippen LogP contribution in [0.4, 0.5) is 0 Å². The van der Waals surface area contributed by atoms with E-state index in [4.69, 9.17) is 5.11 Å². The number of nitrogens with one attached hydrogen (secondary N) is 1. The summed E-state index contributed by atoms with van der Waals surface area (Å²) in [6.45, 7) is 10.0. The number of fused-ring (bicyclic) bond motifs is 1. The third kappa shape index (κ3) is 3.53. The Balaban J connectivity index is 1.71. The van der Waals surface area contributed by atoms with Crippen LogP contribution in [0.1, 0.15) is 28.4 Å². The minimum atomic E-state index is -1.36. The number of benzene rings is 1. The number of hydrogen-bond acceptors (Lipinski definition) is 4. The number of hydrogen-bond donors (Lipinski definition) is 2. The molecule has 2 heterocycles. The Hall–Kier alpha value is -3.42. The van der Waals surface area contributed by atoms with Gasteiger partial charge in [0.05, 0.1) is 6.54 Å². The number of carbonyl (C=O) groups excluding carboxylic acids is 3. The lowest BCUT2D eigenvalue weighted by Crippen LogP contribution is -2.49. The maximum Gasteiger partial charge on any atom is 0.351 e. The fraction of sp³-hybridized carbons (Fsp3) is 0.300. The summed E-state index contributed by atoms with van der Waals surface area (Å²) in [5.41, 5.74) is 1.72. The molecular formula is C20H21N3O5. The number of rotatable bonds is 6. The van der Waals surface area contributed by atoms with Gasteiger partial charge in [0.1, 0.15) is 11.4 Å². The molecule has 1 fully saturated rings. The summed E-state index contributed by atoms with van der Waals surface area (Å²) in [6, 6.07) is 5.44. The Morgan fingerprint density at radius 1 is 1.25 bits per heavy atom. The standard InChI is InChI=1S/C20H21N3O5/c1-11(20(27)28)21-18(25)12(2)23-10-17-15(5-4-6-16(17)19(23)26)7-14-8-22(9-14)13(3)24/h4-6,14H,1-2,7-10H2,3H3,(H,21,25)(H,27,28). The predicted molar refractivity (Wildman–Crippen MR) is 99.8 cm³/mol. The van der Waals surface area contributed by atoms with Crippen molar-refractivity contribution in [3.8, 4) is 0 Å². The van der Waals surface area contributed by atoms with Crippen molar-refractivity contribution in [1.82, 2.24) is 15.1 Å². The Kier molecular flexibility index (Phi) is 5.04. The molecule has 0 aromatic heterocycles. The van der Waals surface area contributed by atoms with E-state index in [1.165, 1.54) is 4.90 Å². The molecule has 2 N–H and O–H groups in total. The third-order valence-corrected chi connectivity index (χ3v) is 5.09. The summed E-state index contributed by atoms with van der Waals surface area (Å²) in [4.78, 5) is 50.1. The summed E-state index contributed by atoms with van der Waals surface area (Å²) in [7, 11) is 0. The topological polar surface area (TPSA) is 107 Å². The quantitative estimate of drug-likeness (QED) is 0.710. The first kappa shape index (κ1) is 19.3. The number of carboxylic acids is 1. The van der Waals surface area contributed by atoms with Gasteiger partial charge in [-0.3, -0.25) is 19.3 Å². The number of likely N-dealkylation sites (tertiary alicyclic amines) is 1. The molecule has 8 heteroatoms. The van der Waals surface area contributed by atoms with Crippen LogP contribution >= 0.6 is 0 Å². The van der Waals surface area contributed by atoms with Crippen molar-refractivity contribution in [2.24, 2.45) is 5.92 Å². The second-order valence-corrected chi connectivity index (χ2v) is 7.01. The van der Waals surface area contributed by atoms with E-state index in [0.717, 1.165) is 17.5 Å². The van der Waals surface area contributed by atoms with Crippen LogP contribution in [0.3, 0.4) is 0 Å². The zero-order chi connectivity index (χ0) is 20.6. The predicted octanol–water partition coefficient (Wildman–Crippen LogP) is 0.891. The normalized spacial score (nSPS) is 15.7. The Morgan fingerprint density at radius 3 is 2.54 bits per heavy atom. The van der Waals surface area contributed by atoms with Gasteiger partial charge in [0.15, 0.2) is 0 Å². The zero-order valence-corrected chi connectivity index (χ0v) is 15.5. The van der Waals surface area contributed by atoms with E-state index < -0.39 is 17.6 Å². The van der Waals surface area contributed by atoms with E-state index in [2.05, 4.69) is 18.5 Å². The molecule has 0 unspecified atom stereocenters. The molecule has 0 aliphatic carbocycles. The highest BCUT2D eigenvalue weighted by molar-refractivity contribution is 6.06. The van der Waals surface area contributed by atoms with Gasteiger partial charge in [-0.15, -0.1) is 0 Å². The smallest absolute Gasteiger partial charge is 0.351 e. The second kappa shape index (κ2) is 7.30. The van der Waals surface area contributed by atoms with Crippen molar-refractivity contribution >= 4 is 23.7 Å². The first-order chi connectivity index (χ1) is 13.2. The van der Waals surface area contributed by atoms with Crippen molar-refractivity contribution in [3.63, 3.8) is 0 Å². The Bertz CT molecular complexity index is 914. The minimum Gasteiger partial charge on any atom is -0.477 e. The number of nitrogens with zero attached hydrogens (tertiary/aromatic N) is 2. The number of amides is 3. The van der Waals surface area contributed by atoms with Crippen molar-refractivity contribution in [2.75, 3.05) is 13.1 Å². The number of carbonyl (C=O) groups is 4. The SMILES string of the molecule is C=C(NC(=O)C(=C)N1Cc2c(CC3CN(C(C)=O)C3)cccc2C1=O)C(=O)O. The van der Waals surface area contributed by atoms with Crippen molar-refractivity contribution in [2.45, 2.75) is 19.9 Å². The van der Waals surface area contributed by atoms with E-state index >= 15 is 0 Å². The number of aliphatic carboxylic acids is 1. The van der Waals surface area contributed by atoms with Gasteiger partial charge < -0.3 is 15.3 Å². The fourth-order valence-corrected chi connectivity index (χ4v) is 3.46. The molecule has 1 aromatic carbocycles. The third-order valence-electron chi connectivity index (χ3n) is 5.09. The highest BCUT2D eigenvalue weighted by Gasteiger charge is 2.35. The van der Waals surface area contributed by atoms with Crippen LogP contribution < -0.4 is 5.32 Å². The molecule has 0 atom stereocenters. The molecule has 3 amide bonds. The van der Waals surface area contributed by atoms with Crippen molar-refractivity contribution in [1.29, 1.82) is 0 Å². The van der Waals surface area contributed by atoms with Gasteiger partial charge in [-0.1, -0.05) is 25.3 Å².